The van der Waals surface area contributed by atoms with Gasteiger partial charge >= 0.3 is 0 Å². The van der Waals surface area contributed by atoms with Crippen LogP contribution in [0.25, 0.3) is 0 Å². The van der Waals surface area contributed by atoms with Gasteiger partial charge < -0.3 is 0 Å². The maximum absolute atomic E-state index is 5.48. The first-order valence-corrected chi connectivity index (χ1v) is 4.40. The fraction of sp³-hybridized carbons (Fsp3) is 1.00. The second-order valence-corrected chi connectivity index (χ2v) is 2.28. The highest BCUT2D eigenvalue weighted by Gasteiger charge is 2.25. The molecule has 0 aromatic carbocycles. The van der Waals surface area contributed by atoms with Gasteiger partial charge in [0.05, 0.1) is 0 Å². The van der Waals surface area contributed by atoms with Crippen LogP contribution in [0.15, 0.2) is 0 Å². The molecule has 0 fully saturated rings. The number of hydrogen-bond donors (Lipinski definition) is 0. The van der Waals surface area contributed by atoms with Gasteiger partial charge in [0.15, 0.2) is 0 Å². The molecule has 3 nitrogen and oxygen atoms in total. The van der Waals surface area contributed by atoms with Crippen molar-refractivity contribution in [3.05, 3.63) is 0 Å². The van der Waals surface area contributed by atoms with Gasteiger partial charge in [0, 0.05) is 0 Å². The van der Waals surface area contributed by atoms with Gasteiger partial charge in [0.2, 0.25) is 0 Å². The molecule has 0 aliphatic carbocycles. The molecule has 0 amide bonds. The SMILES string of the molecule is CCO[N+](CC)(CC)OCC. The second-order valence-electron chi connectivity index (χ2n) is 2.28. The molecular weight excluding hydrogens is 142 g/mol. The van der Waals surface area contributed by atoms with Crippen LogP contribution in [-0.2, 0) is 9.68 Å². The molecular formula is C8H20NO2+. The van der Waals surface area contributed by atoms with Gasteiger partial charge in [-0.3, -0.25) is 0 Å². The molecule has 0 rings (SSSR count). The number of hydrogen-bond acceptors (Lipinski definition) is 2. The van der Waals surface area contributed by atoms with Crippen LogP contribution in [0.3, 0.4) is 0 Å². The molecule has 0 N–H and O–H groups in total. The van der Waals surface area contributed by atoms with Crippen LogP contribution >= 0.6 is 0 Å². The van der Waals surface area contributed by atoms with Crippen LogP contribution in [0.2, 0.25) is 0 Å². The lowest BCUT2D eigenvalue weighted by Crippen LogP contribution is -2.47. The summed E-state index contributed by atoms with van der Waals surface area (Å²) in [6.45, 7) is 11.2. The van der Waals surface area contributed by atoms with E-state index in [2.05, 4.69) is 13.8 Å². The Bertz CT molecular complexity index is 84.1. The first kappa shape index (κ1) is 10.9. The van der Waals surface area contributed by atoms with E-state index in [0.29, 0.717) is 18.0 Å². The third-order valence-electron chi connectivity index (χ3n) is 1.69. The van der Waals surface area contributed by atoms with E-state index in [1.54, 1.807) is 0 Å². The van der Waals surface area contributed by atoms with Gasteiger partial charge in [-0.2, -0.15) is 9.68 Å². The average molecular weight is 162 g/mol. The van der Waals surface area contributed by atoms with Gasteiger partial charge in [0.1, 0.15) is 26.3 Å². The van der Waals surface area contributed by atoms with E-state index in [1.165, 1.54) is 0 Å². The summed E-state index contributed by atoms with van der Waals surface area (Å²) in [5, 5.41) is 0. The minimum absolute atomic E-state index is 0.326. The Labute approximate surface area is 69.4 Å². The van der Waals surface area contributed by atoms with Crippen molar-refractivity contribution in [2.75, 3.05) is 26.3 Å². The Morgan fingerprint density at radius 3 is 1.36 bits per heavy atom. The average Bonchev–Trinajstić information content (AvgIpc) is 2.04. The molecule has 0 heterocycles. The highest BCUT2D eigenvalue weighted by Crippen LogP contribution is 2.08. The molecule has 0 aliphatic heterocycles. The predicted molar refractivity (Wildman–Crippen MR) is 44.6 cm³/mol. The number of hydroxylamine groups is 4. The van der Waals surface area contributed by atoms with E-state index >= 15 is 0 Å². The lowest BCUT2D eigenvalue weighted by Gasteiger charge is -2.29. The van der Waals surface area contributed by atoms with Crippen LogP contribution in [0, 0.1) is 0 Å². The van der Waals surface area contributed by atoms with Crippen LogP contribution in [0.5, 0.6) is 0 Å². The quantitative estimate of drug-likeness (QED) is 0.437. The third-order valence-corrected chi connectivity index (χ3v) is 1.69. The summed E-state index contributed by atoms with van der Waals surface area (Å²) >= 11 is 0. The summed E-state index contributed by atoms with van der Waals surface area (Å²) in [5.41, 5.74) is 0. The van der Waals surface area contributed by atoms with E-state index in [4.69, 9.17) is 9.68 Å². The highest BCUT2D eigenvalue weighted by atomic mass is 17.0. The minimum atomic E-state index is 0.326. The van der Waals surface area contributed by atoms with Crippen molar-refractivity contribution in [1.29, 1.82) is 0 Å². The number of nitrogens with zero attached hydrogens (tertiary/aromatic N) is 1. The monoisotopic (exact) mass is 162 g/mol. The number of quaternary nitrogens is 1. The van der Waals surface area contributed by atoms with Crippen molar-refractivity contribution in [2.45, 2.75) is 27.7 Å². The lowest BCUT2D eigenvalue weighted by molar-refractivity contribution is -1.24. The minimum Gasteiger partial charge on any atom is -0.168 e. The Morgan fingerprint density at radius 2 is 1.18 bits per heavy atom. The largest absolute Gasteiger partial charge is 0.168 e. The molecule has 0 unspecified atom stereocenters. The summed E-state index contributed by atoms with van der Waals surface area (Å²) < 4.78 is 0. The maximum atomic E-state index is 5.48. The van der Waals surface area contributed by atoms with Gasteiger partial charge in [-0.15, -0.1) is 0 Å². The maximum Gasteiger partial charge on any atom is 0.139 e. The van der Waals surface area contributed by atoms with E-state index in [9.17, 15) is 0 Å². The van der Waals surface area contributed by atoms with Crippen molar-refractivity contribution in [3.63, 3.8) is 0 Å². The first-order valence-electron chi connectivity index (χ1n) is 4.40. The van der Waals surface area contributed by atoms with Gasteiger partial charge in [-0.25, -0.2) is 0 Å². The van der Waals surface area contributed by atoms with Gasteiger partial charge in [-0.1, -0.05) is 0 Å². The Hall–Kier alpha value is -0.120. The zero-order chi connectivity index (χ0) is 8.74. The summed E-state index contributed by atoms with van der Waals surface area (Å²) in [4.78, 5) is 11.3. The van der Waals surface area contributed by atoms with Crippen LogP contribution < -0.4 is 0 Å². The Kier molecular flexibility index (Phi) is 5.46. The molecule has 0 aromatic heterocycles. The number of rotatable bonds is 6. The van der Waals surface area contributed by atoms with E-state index < -0.39 is 0 Å². The van der Waals surface area contributed by atoms with Crippen molar-refractivity contribution in [1.82, 2.24) is 0 Å². The van der Waals surface area contributed by atoms with E-state index in [0.717, 1.165) is 13.1 Å². The molecule has 0 radical (unpaired) electrons. The summed E-state index contributed by atoms with van der Waals surface area (Å²) in [7, 11) is 0. The fourth-order valence-corrected chi connectivity index (χ4v) is 1.10. The van der Waals surface area contributed by atoms with Crippen molar-refractivity contribution in [2.24, 2.45) is 0 Å². The second kappa shape index (κ2) is 5.52. The fourth-order valence-electron chi connectivity index (χ4n) is 1.10. The Balaban J connectivity index is 3.96. The van der Waals surface area contributed by atoms with Crippen LogP contribution in [0.1, 0.15) is 27.7 Å². The molecule has 0 spiro atoms. The molecule has 0 atom stereocenters. The van der Waals surface area contributed by atoms with E-state index in [-0.39, 0.29) is 0 Å². The Morgan fingerprint density at radius 1 is 0.818 bits per heavy atom. The predicted octanol–water partition coefficient (Wildman–Crippen LogP) is 1.75. The molecule has 3 heteroatoms. The van der Waals surface area contributed by atoms with Crippen molar-refractivity contribution < 1.29 is 14.5 Å². The van der Waals surface area contributed by atoms with Crippen LogP contribution in [0.4, 0.5) is 0 Å². The summed E-state index contributed by atoms with van der Waals surface area (Å²) in [6.07, 6.45) is 0. The smallest absolute Gasteiger partial charge is 0.139 e. The van der Waals surface area contributed by atoms with Crippen LogP contribution in [-0.4, -0.2) is 31.1 Å². The van der Waals surface area contributed by atoms with E-state index in [1.807, 2.05) is 13.8 Å². The molecule has 11 heavy (non-hydrogen) atoms. The zero-order valence-electron chi connectivity index (χ0n) is 8.09. The molecule has 0 aliphatic rings. The molecule has 68 valence electrons. The summed E-state index contributed by atoms with van der Waals surface area (Å²) in [6, 6.07) is 0. The lowest BCUT2D eigenvalue weighted by atomic mass is 10.6. The standard InChI is InChI=1S/C8H20NO2/c1-5-9(6-2,10-7-3)11-8-4/h5-8H2,1-4H3/q+1. The summed E-state index contributed by atoms with van der Waals surface area (Å²) in [5.74, 6) is 0. The van der Waals surface area contributed by atoms with Crippen molar-refractivity contribution >= 4 is 0 Å². The molecule has 0 saturated heterocycles. The third kappa shape index (κ3) is 3.18. The molecule has 0 bridgehead atoms. The van der Waals surface area contributed by atoms with Gasteiger partial charge in [-0.05, 0) is 32.5 Å². The van der Waals surface area contributed by atoms with Crippen molar-refractivity contribution in [3.8, 4) is 0 Å². The highest BCUT2D eigenvalue weighted by molar-refractivity contribution is 4.13. The first-order chi connectivity index (χ1) is 5.24. The normalized spacial score (nSPS) is 12.0. The zero-order valence-corrected chi connectivity index (χ0v) is 8.09. The molecule has 0 saturated carbocycles. The molecule has 0 aromatic rings. The van der Waals surface area contributed by atoms with Gasteiger partial charge in [0.25, 0.3) is 0 Å². The topological polar surface area (TPSA) is 18.5 Å².